The van der Waals surface area contributed by atoms with Crippen molar-refractivity contribution < 1.29 is 19.1 Å². The molecule has 0 saturated carbocycles. The first kappa shape index (κ1) is 25.1. The molecule has 1 fully saturated rings. The molecule has 0 radical (unpaired) electrons. The van der Waals surface area contributed by atoms with Crippen molar-refractivity contribution in [3.05, 3.63) is 54.1 Å². The van der Waals surface area contributed by atoms with Gasteiger partial charge in [-0.05, 0) is 62.4 Å². The molecule has 182 valence electrons. The van der Waals surface area contributed by atoms with E-state index in [0.717, 1.165) is 24.5 Å². The fourth-order valence-electron chi connectivity index (χ4n) is 3.96. The first-order valence-corrected chi connectivity index (χ1v) is 11.7. The summed E-state index contributed by atoms with van der Waals surface area (Å²) in [6.45, 7) is 8.38. The quantitative estimate of drug-likeness (QED) is 0.646. The average Bonchev–Trinajstić information content (AvgIpc) is 2.87. The Kier molecular flexibility index (Phi) is 8.51. The molecule has 3 amide bonds. The van der Waals surface area contributed by atoms with E-state index in [-0.39, 0.29) is 30.3 Å². The van der Waals surface area contributed by atoms with Crippen LogP contribution in [0.1, 0.15) is 37.6 Å². The summed E-state index contributed by atoms with van der Waals surface area (Å²) in [5.74, 6) is 0.504. The average molecular weight is 467 g/mol. The van der Waals surface area contributed by atoms with E-state index in [2.05, 4.69) is 10.2 Å². The zero-order valence-electron chi connectivity index (χ0n) is 20.4. The predicted octanol–water partition coefficient (Wildman–Crippen LogP) is 3.24. The van der Waals surface area contributed by atoms with Crippen molar-refractivity contribution >= 4 is 29.1 Å². The molecule has 0 atom stereocenters. The lowest BCUT2D eigenvalue weighted by Crippen LogP contribution is -2.48. The number of anilines is 2. The van der Waals surface area contributed by atoms with E-state index in [1.54, 1.807) is 43.2 Å². The number of rotatable bonds is 8. The van der Waals surface area contributed by atoms with Crippen molar-refractivity contribution in [2.24, 2.45) is 0 Å². The SMILES string of the molecule is CCC(=O)N(CC(=O)Nc1ccc(N2CCN(C(=O)c3ccc(OC)cc3)CC2)cc1)C(C)C. The molecular weight excluding hydrogens is 432 g/mol. The normalized spacial score (nSPS) is 13.6. The fraction of sp³-hybridized carbons (Fsp3) is 0.423. The summed E-state index contributed by atoms with van der Waals surface area (Å²) >= 11 is 0. The van der Waals surface area contributed by atoms with E-state index < -0.39 is 0 Å². The van der Waals surface area contributed by atoms with Crippen LogP contribution < -0.4 is 15.0 Å². The lowest BCUT2D eigenvalue weighted by molar-refractivity contribution is -0.136. The van der Waals surface area contributed by atoms with Gasteiger partial charge in [0.25, 0.3) is 5.91 Å². The molecule has 8 nitrogen and oxygen atoms in total. The van der Waals surface area contributed by atoms with E-state index in [0.29, 0.717) is 30.8 Å². The number of carbonyl (C=O) groups excluding carboxylic acids is 3. The molecule has 0 bridgehead atoms. The van der Waals surface area contributed by atoms with Gasteiger partial charge in [-0.2, -0.15) is 0 Å². The van der Waals surface area contributed by atoms with Gasteiger partial charge < -0.3 is 24.8 Å². The van der Waals surface area contributed by atoms with E-state index in [4.69, 9.17) is 4.74 Å². The highest BCUT2D eigenvalue weighted by Gasteiger charge is 2.23. The second-order valence-electron chi connectivity index (χ2n) is 8.57. The highest BCUT2D eigenvalue weighted by atomic mass is 16.5. The molecule has 0 aromatic heterocycles. The lowest BCUT2D eigenvalue weighted by Gasteiger charge is -2.36. The van der Waals surface area contributed by atoms with Gasteiger partial charge in [0.2, 0.25) is 11.8 Å². The number of benzene rings is 2. The molecule has 1 N–H and O–H groups in total. The fourth-order valence-corrected chi connectivity index (χ4v) is 3.96. The Morgan fingerprint density at radius 1 is 0.971 bits per heavy atom. The number of hydrogen-bond acceptors (Lipinski definition) is 5. The van der Waals surface area contributed by atoms with Crippen molar-refractivity contribution in [1.82, 2.24) is 9.80 Å². The maximum atomic E-state index is 12.8. The molecule has 1 aliphatic heterocycles. The third-order valence-corrected chi connectivity index (χ3v) is 5.98. The van der Waals surface area contributed by atoms with E-state index in [9.17, 15) is 14.4 Å². The molecule has 8 heteroatoms. The summed E-state index contributed by atoms with van der Waals surface area (Å²) in [6, 6.07) is 14.8. The molecule has 3 rings (SSSR count). The Labute approximate surface area is 201 Å². The van der Waals surface area contributed by atoms with Crippen molar-refractivity contribution in [1.29, 1.82) is 0 Å². The summed E-state index contributed by atoms with van der Waals surface area (Å²) < 4.78 is 5.16. The minimum Gasteiger partial charge on any atom is -0.497 e. The first-order chi connectivity index (χ1) is 16.3. The topological polar surface area (TPSA) is 82.2 Å². The van der Waals surface area contributed by atoms with Crippen LogP contribution >= 0.6 is 0 Å². The standard InChI is InChI=1S/C26H34N4O4/c1-5-25(32)30(19(2)3)18-24(31)27-21-8-10-22(11-9-21)28-14-16-29(17-15-28)26(33)20-6-12-23(34-4)13-7-20/h6-13,19H,5,14-18H2,1-4H3,(H,27,31). The van der Waals surface area contributed by atoms with Gasteiger partial charge in [0.1, 0.15) is 12.3 Å². The molecule has 34 heavy (non-hydrogen) atoms. The van der Waals surface area contributed by atoms with E-state index in [1.165, 1.54) is 0 Å². The third-order valence-electron chi connectivity index (χ3n) is 5.98. The Morgan fingerprint density at radius 3 is 2.12 bits per heavy atom. The molecule has 0 unspecified atom stereocenters. The largest absolute Gasteiger partial charge is 0.497 e. The Balaban J connectivity index is 1.52. The number of nitrogens with one attached hydrogen (secondary N) is 1. The van der Waals surface area contributed by atoms with Crippen LogP contribution in [0.3, 0.4) is 0 Å². The summed E-state index contributed by atoms with van der Waals surface area (Å²) in [6.07, 6.45) is 0.374. The van der Waals surface area contributed by atoms with Gasteiger partial charge in [-0.25, -0.2) is 0 Å². The van der Waals surface area contributed by atoms with Crippen molar-refractivity contribution in [3.8, 4) is 5.75 Å². The Bertz CT molecular complexity index is 981. The first-order valence-electron chi connectivity index (χ1n) is 11.7. The van der Waals surface area contributed by atoms with Gasteiger partial charge in [0.05, 0.1) is 7.11 Å². The molecular formula is C26H34N4O4. The molecule has 1 aliphatic rings. The maximum absolute atomic E-state index is 12.8. The zero-order valence-corrected chi connectivity index (χ0v) is 20.4. The van der Waals surface area contributed by atoms with Gasteiger partial charge in [0.15, 0.2) is 0 Å². The van der Waals surface area contributed by atoms with Crippen LogP contribution in [0.2, 0.25) is 0 Å². The van der Waals surface area contributed by atoms with Gasteiger partial charge in [-0.3, -0.25) is 14.4 Å². The monoisotopic (exact) mass is 466 g/mol. The number of piperazine rings is 1. The van der Waals surface area contributed by atoms with Gasteiger partial charge in [0, 0.05) is 55.6 Å². The maximum Gasteiger partial charge on any atom is 0.253 e. The van der Waals surface area contributed by atoms with Crippen LogP contribution in [0.25, 0.3) is 0 Å². The summed E-state index contributed by atoms with van der Waals surface area (Å²) in [5, 5.41) is 2.87. The summed E-state index contributed by atoms with van der Waals surface area (Å²) in [7, 11) is 1.60. The second kappa shape index (κ2) is 11.5. The van der Waals surface area contributed by atoms with E-state index >= 15 is 0 Å². The number of ether oxygens (including phenoxy) is 1. The predicted molar refractivity (Wildman–Crippen MR) is 133 cm³/mol. The van der Waals surface area contributed by atoms with Crippen LogP contribution in [0, 0.1) is 0 Å². The molecule has 0 spiro atoms. The Hall–Kier alpha value is -3.55. The van der Waals surface area contributed by atoms with Crippen molar-refractivity contribution in [2.75, 3.05) is 50.1 Å². The number of methoxy groups -OCH3 is 1. The second-order valence-corrected chi connectivity index (χ2v) is 8.57. The van der Waals surface area contributed by atoms with Crippen LogP contribution in [-0.2, 0) is 9.59 Å². The summed E-state index contributed by atoms with van der Waals surface area (Å²) in [4.78, 5) is 42.9. The smallest absolute Gasteiger partial charge is 0.253 e. The van der Waals surface area contributed by atoms with Crippen LogP contribution in [-0.4, -0.2) is 73.4 Å². The third kappa shape index (κ3) is 6.27. The van der Waals surface area contributed by atoms with Gasteiger partial charge in [-0.15, -0.1) is 0 Å². The van der Waals surface area contributed by atoms with Crippen LogP contribution in [0.15, 0.2) is 48.5 Å². The Morgan fingerprint density at radius 2 is 1.59 bits per heavy atom. The van der Waals surface area contributed by atoms with Crippen molar-refractivity contribution in [2.45, 2.75) is 33.2 Å². The van der Waals surface area contributed by atoms with Gasteiger partial charge in [-0.1, -0.05) is 6.92 Å². The molecule has 0 aliphatic carbocycles. The van der Waals surface area contributed by atoms with Crippen LogP contribution in [0.5, 0.6) is 5.75 Å². The molecule has 2 aromatic rings. The van der Waals surface area contributed by atoms with Crippen molar-refractivity contribution in [3.63, 3.8) is 0 Å². The summed E-state index contributed by atoms with van der Waals surface area (Å²) in [5.41, 5.74) is 2.39. The number of nitrogens with zero attached hydrogens (tertiary/aromatic N) is 3. The highest BCUT2D eigenvalue weighted by molar-refractivity contribution is 5.95. The minimum atomic E-state index is -0.214. The molecule has 2 aromatic carbocycles. The number of carbonyl (C=O) groups is 3. The van der Waals surface area contributed by atoms with Gasteiger partial charge >= 0.3 is 0 Å². The minimum absolute atomic E-state index is 0.0253. The number of amides is 3. The highest BCUT2D eigenvalue weighted by Crippen LogP contribution is 2.21. The van der Waals surface area contributed by atoms with E-state index in [1.807, 2.05) is 43.0 Å². The molecule has 1 saturated heterocycles. The molecule has 1 heterocycles. The van der Waals surface area contributed by atoms with Crippen LogP contribution in [0.4, 0.5) is 11.4 Å². The zero-order chi connectivity index (χ0) is 24.7. The lowest BCUT2D eigenvalue weighted by atomic mass is 10.1. The number of hydrogen-bond donors (Lipinski definition) is 1.